The molecule has 1 unspecified atom stereocenters. The zero-order valence-electron chi connectivity index (χ0n) is 17.6. The highest BCUT2D eigenvalue weighted by Crippen LogP contribution is 2.30. The van der Waals surface area contributed by atoms with Gasteiger partial charge in [-0.15, -0.1) is 0 Å². The summed E-state index contributed by atoms with van der Waals surface area (Å²) >= 11 is 0. The van der Waals surface area contributed by atoms with Crippen LogP contribution < -0.4 is 8.92 Å². The normalized spacial score (nSPS) is 12.3. The molecule has 0 spiro atoms. The molecule has 0 aliphatic carbocycles. The van der Waals surface area contributed by atoms with Gasteiger partial charge in [0.1, 0.15) is 0 Å². The van der Waals surface area contributed by atoms with Gasteiger partial charge in [0, 0.05) is 18.2 Å². The van der Waals surface area contributed by atoms with Crippen LogP contribution in [0.2, 0.25) is 0 Å². The molecule has 7 heteroatoms. The summed E-state index contributed by atoms with van der Waals surface area (Å²) in [5.41, 5.74) is 2.33. The Hall–Kier alpha value is -2.54. The van der Waals surface area contributed by atoms with Crippen LogP contribution in [0.1, 0.15) is 48.7 Å². The lowest BCUT2D eigenvalue weighted by Gasteiger charge is -2.29. The van der Waals surface area contributed by atoms with Crippen molar-refractivity contribution in [3.8, 4) is 11.5 Å². The number of carbonyl (C=O) groups is 1. The number of rotatable bonds is 9. The van der Waals surface area contributed by atoms with E-state index < -0.39 is 10.1 Å². The minimum absolute atomic E-state index is 0.00736. The third-order valence-electron chi connectivity index (χ3n) is 4.91. The second-order valence-corrected chi connectivity index (χ2v) is 8.78. The molecule has 158 valence electrons. The van der Waals surface area contributed by atoms with Gasteiger partial charge in [0.15, 0.2) is 11.5 Å². The number of aryl methyl sites for hydroxylation is 1. The minimum Gasteiger partial charge on any atom is -0.493 e. The quantitative estimate of drug-likeness (QED) is 0.570. The summed E-state index contributed by atoms with van der Waals surface area (Å²) < 4.78 is 34.2. The van der Waals surface area contributed by atoms with Crippen LogP contribution in [-0.4, -0.2) is 38.1 Å². The maximum Gasteiger partial charge on any atom is 0.309 e. The fraction of sp³-hybridized carbons (Fsp3) is 0.409. The summed E-state index contributed by atoms with van der Waals surface area (Å²) in [5, 5.41) is 0. The first-order chi connectivity index (χ1) is 13.7. The first-order valence-electron chi connectivity index (χ1n) is 9.68. The van der Waals surface area contributed by atoms with Crippen molar-refractivity contribution in [1.82, 2.24) is 4.90 Å². The van der Waals surface area contributed by atoms with Gasteiger partial charge in [-0.1, -0.05) is 31.2 Å². The summed E-state index contributed by atoms with van der Waals surface area (Å²) in [5.74, 6) is 0.243. The molecule has 0 aliphatic rings. The highest BCUT2D eigenvalue weighted by Gasteiger charge is 2.23. The highest BCUT2D eigenvalue weighted by molar-refractivity contribution is 7.87. The molecule has 0 bridgehead atoms. The molecule has 2 rings (SSSR count). The van der Waals surface area contributed by atoms with Gasteiger partial charge in [-0.25, -0.2) is 0 Å². The second kappa shape index (κ2) is 9.78. The highest BCUT2D eigenvalue weighted by atomic mass is 32.2. The van der Waals surface area contributed by atoms with E-state index in [0.717, 1.165) is 17.5 Å². The van der Waals surface area contributed by atoms with Crippen molar-refractivity contribution >= 4 is 16.0 Å². The summed E-state index contributed by atoms with van der Waals surface area (Å²) in [6.45, 7) is 7.78. The minimum atomic E-state index is -3.70. The third-order valence-corrected chi connectivity index (χ3v) is 6.05. The predicted molar refractivity (Wildman–Crippen MR) is 114 cm³/mol. The second-order valence-electron chi connectivity index (χ2n) is 6.92. The van der Waals surface area contributed by atoms with E-state index in [9.17, 15) is 13.2 Å². The van der Waals surface area contributed by atoms with Crippen molar-refractivity contribution in [2.45, 2.75) is 46.7 Å². The van der Waals surface area contributed by atoms with Crippen LogP contribution in [0, 0.1) is 6.92 Å². The van der Waals surface area contributed by atoms with Crippen molar-refractivity contribution in [3.05, 3.63) is 59.2 Å². The number of ether oxygens (including phenoxy) is 1. The average Bonchev–Trinajstić information content (AvgIpc) is 2.71. The molecule has 0 radical (unpaired) electrons. The van der Waals surface area contributed by atoms with E-state index in [0.29, 0.717) is 17.9 Å². The first-order valence-corrected chi connectivity index (χ1v) is 11.3. The zero-order valence-corrected chi connectivity index (χ0v) is 18.5. The molecule has 1 atom stereocenters. The molecule has 0 N–H and O–H groups in total. The van der Waals surface area contributed by atoms with Gasteiger partial charge in [0.25, 0.3) is 5.91 Å². The molecule has 2 aromatic rings. The Kier molecular flexibility index (Phi) is 7.67. The molecule has 0 aliphatic heterocycles. The molecule has 0 saturated heterocycles. The smallest absolute Gasteiger partial charge is 0.309 e. The maximum absolute atomic E-state index is 13.2. The van der Waals surface area contributed by atoms with E-state index in [1.54, 1.807) is 17.0 Å². The largest absolute Gasteiger partial charge is 0.493 e. The molecule has 1 amide bonds. The monoisotopic (exact) mass is 419 g/mol. The molecule has 0 heterocycles. The van der Waals surface area contributed by atoms with Crippen LogP contribution in [0.3, 0.4) is 0 Å². The SMILES string of the molecule is CCC(C)N(Cc1ccc(OC)c(OS(=O)(=O)CC)c1)C(=O)c1ccccc1C. The van der Waals surface area contributed by atoms with Crippen LogP contribution in [0.15, 0.2) is 42.5 Å². The van der Waals surface area contributed by atoms with E-state index in [2.05, 4.69) is 0 Å². The maximum atomic E-state index is 13.2. The van der Waals surface area contributed by atoms with Crippen molar-refractivity contribution in [3.63, 3.8) is 0 Å². The average molecular weight is 420 g/mol. The third kappa shape index (κ3) is 5.73. The Bertz CT molecular complexity index is 955. The number of hydrogen-bond acceptors (Lipinski definition) is 5. The van der Waals surface area contributed by atoms with Crippen LogP contribution in [0.5, 0.6) is 11.5 Å². The molecule has 2 aromatic carbocycles. The van der Waals surface area contributed by atoms with Gasteiger partial charge in [-0.3, -0.25) is 4.79 Å². The summed E-state index contributed by atoms with van der Waals surface area (Å²) in [6, 6.07) is 12.6. The van der Waals surface area contributed by atoms with Gasteiger partial charge in [-0.05, 0) is 56.5 Å². The van der Waals surface area contributed by atoms with Crippen molar-refractivity contribution in [2.75, 3.05) is 12.9 Å². The van der Waals surface area contributed by atoms with Gasteiger partial charge < -0.3 is 13.8 Å². The van der Waals surface area contributed by atoms with Crippen molar-refractivity contribution in [2.24, 2.45) is 0 Å². The standard InChI is InChI=1S/C22H29NO5S/c1-6-17(4)23(22(24)19-11-9-8-10-16(19)3)15-18-12-13-20(27-5)21(14-18)28-29(25,26)7-2/h8-14,17H,6-7,15H2,1-5H3. The molecule has 29 heavy (non-hydrogen) atoms. The summed E-state index contributed by atoms with van der Waals surface area (Å²) in [4.78, 5) is 15.0. The van der Waals surface area contributed by atoms with E-state index in [1.165, 1.54) is 14.0 Å². The molecular weight excluding hydrogens is 390 g/mol. The fourth-order valence-corrected chi connectivity index (χ4v) is 3.41. The van der Waals surface area contributed by atoms with E-state index in [4.69, 9.17) is 8.92 Å². The van der Waals surface area contributed by atoms with E-state index >= 15 is 0 Å². The Balaban J connectivity index is 2.39. The number of nitrogens with zero attached hydrogens (tertiary/aromatic N) is 1. The fourth-order valence-electron chi connectivity index (χ4n) is 2.89. The molecular formula is C22H29NO5S. The Morgan fingerprint density at radius 3 is 2.38 bits per heavy atom. The van der Waals surface area contributed by atoms with Gasteiger partial charge in [0.2, 0.25) is 0 Å². The number of benzene rings is 2. The topological polar surface area (TPSA) is 72.9 Å². The summed E-state index contributed by atoms with van der Waals surface area (Å²) in [7, 11) is -2.24. The van der Waals surface area contributed by atoms with Crippen LogP contribution >= 0.6 is 0 Å². The molecule has 0 fully saturated rings. The van der Waals surface area contributed by atoms with Crippen molar-refractivity contribution < 1.29 is 22.1 Å². The lowest BCUT2D eigenvalue weighted by atomic mass is 10.0. The van der Waals surface area contributed by atoms with Crippen LogP contribution in [0.25, 0.3) is 0 Å². The zero-order chi connectivity index (χ0) is 21.6. The number of carbonyl (C=O) groups excluding carboxylic acids is 1. The molecule has 6 nitrogen and oxygen atoms in total. The van der Waals surface area contributed by atoms with Crippen molar-refractivity contribution in [1.29, 1.82) is 0 Å². The van der Waals surface area contributed by atoms with Crippen LogP contribution in [0.4, 0.5) is 0 Å². The Morgan fingerprint density at radius 2 is 1.79 bits per heavy atom. The predicted octanol–water partition coefficient (Wildman–Crippen LogP) is 4.17. The summed E-state index contributed by atoms with van der Waals surface area (Å²) in [6.07, 6.45) is 0.793. The van der Waals surface area contributed by atoms with Gasteiger partial charge in [0.05, 0.1) is 12.9 Å². The first kappa shape index (κ1) is 22.7. The molecule has 0 aromatic heterocycles. The Morgan fingerprint density at radius 1 is 1.10 bits per heavy atom. The van der Waals surface area contributed by atoms with E-state index in [-0.39, 0.29) is 23.5 Å². The van der Waals surface area contributed by atoms with E-state index in [1.807, 2.05) is 51.1 Å². The lowest BCUT2D eigenvalue weighted by molar-refractivity contribution is 0.0670. The number of methoxy groups -OCH3 is 1. The van der Waals surface area contributed by atoms with Crippen LogP contribution in [-0.2, 0) is 16.7 Å². The Labute approximate surface area is 173 Å². The number of hydrogen-bond donors (Lipinski definition) is 0. The van der Waals surface area contributed by atoms with Gasteiger partial charge in [-0.2, -0.15) is 8.42 Å². The molecule has 0 saturated carbocycles. The lowest BCUT2D eigenvalue weighted by Crippen LogP contribution is -2.38. The number of amides is 1. The van der Waals surface area contributed by atoms with Gasteiger partial charge >= 0.3 is 10.1 Å².